The maximum absolute atomic E-state index is 12.4. The fourth-order valence-electron chi connectivity index (χ4n) is 10.6. The van der Waals surface area contributed by atoms with E-state index in [1.165, 1.54) is 123 Å². The van der Waals surface area contributed by atoms with Crippen LogP contribution in [0.15, 0.2) is 208 Å². The monoisotopic (exact) mass is 1860 g/mol. The van der Waals surface area contributed by atoms with Crippen LogP contribution in [0.3, 0.4) is 0 Å². The molecule has 49 heteroatoms. The average Bonchev–Trinajstić information content (AvgIpc) is 1.56. The number of phenols is 1. The van der Waals surface area contributed by atoms with Gasteiger partial charge in [0.2, 0.25) is 0 Å². The van der Waals surface area contributed by atoms with Crippen molar-refractivity contribution in [3.63, 3.8) is 0 Å². The number of aryl methyl sites for hydroxylation is 1. The fraction of sp³-hybridized carbons (Fsp3) is 0.104. The molecule has 43 nitrogen and oxygen atoms in total. The molecule has 660 valence electrons. The Labute approximate surface area is 719 Å². The van der Waals surface area contributed by atoms with E-state index >= 15 is 0 Å². The molecule has 9 aromatic carbocycles. The number of aromatic carboxylic acids is 2. The number of ether oxygens (including phenoxy) is 5. The van der Waals surface area contributed by atoms with Crippen LogP contribution >= 0.6 is 23.1 Å². The van der Waals surface area contributed by atoms with Gasteiger partial charge in [-0.2, -0.15) is 25.3 Å². The van der Waals surface area contributed by atoms with Gasteiger partial charge in [-0.05, 0) is 189 Å². The summed E-state index contributed by atoms with van der Waals surface area (Å²) < 4.78 is 132. The number of hydrogen-bond acceptors (Lipinski definition) is 37. The van der Waals surface area contributed by atoms with Gasteiger partial charge in [-0.25, -0.2) is 33.5 Å². The van der Waals surface area contributed by atoms with Gasteiger partial charge in [0, 0.05) is 30.8 Å². The van der Waals surface area contributed by atoms with Crippen LogP contribution in [0.4, 0.5) is 0 Å². The van der Waals surface area contributed by atoms with Crippen molar-refractivity contribution in [1.29, 1.82) is 0 Å². The molecule has 0 saturated carbocycles. The number of carboxylic acid groups (broad SMARTS) is 2. The molecule has 0 spiro atoms. The van der Waals surface area contributed by atoms with Crippen LogP contribution in [-0.2, 0) is 89.3 Å². The van der Waals surface area contributed by atoms with Crippen molar-refractivity contribution in [1.82, 2.24) is 20.3 Å². The van der Waals surface area contributed by atoms with Crippen LogP contribution in [0.25, 0.3) is 0 Å². The number of benzene rings is 9. The van der Waals surface area contributed by atoms with E-state index in [2.05, 4.69) is 28.7 Å². The normalized spacial score (nSPS) is 13.7. The maximum Gasteiger partial charge on any atom is 0.347 e. The van der Waals surface area contributed by atoms with Crippen LogP contribution in [0.2, 0.25) is 0 Å². The van der Waals surface area contributed by atoms with E-state index in [9.17, 15) is 111 Å². The number of carbonyl (C=O) groups is 15. The van der Waals surface area contributed by atoms with Crippen molar-refractivity contribution in [3.05, 3.63) is 272 Å². The Morgan fingerprint density at radius 3 is 1.14 bits per heavy atom. The first kappa shape index (κ1) is 99.0. The standard InChI is InChI=1S/C17H11NO9S.C16H13NO7S.C15H9NO8S.C9H5NO5.C9H4O5.C7H7ClO2S.C4H8O.ClH.H3NO/c1-9(19)26-11-3-5-12(6-4-11)28(24,25)27-18-15(20)13-7-2-10(17(22)23)8-14(13)16(18)21;18-8-10-1-4-12(5-2-10)25(22,23)24-17-15(20)13-6-3-11(9-19)7-14(13)16(17)21;17-9-2-4-10(5-3-9)25(22,23)24-16-13(18)11-6-1-8(15(20)21)7-12(11)14(16)19;11-4-15-5-1-2-6-7(3-5)9(13)10(14)8(6)12;10-4-13-5-1-2-6-7(3-5)9(12)14-8(6)11;1-6-2-4-7(5-3-6)11(8,9)10;1-2-4-5-3-1;;1-2/h2-8H,1H3,(H,22,23);1-7,18-19H,8-9H2;1-7,17H,(H,20,21);1-4,14H;1-4H;2-5H,1H3;1-4H2;1H;2H,1H2. The molecule has 9 aromatic rings. The van der Waals surface area contributed by atoms with Crippen molar-refractivity contribution in [3.8, 4) is 23.0 Å². The third-order valence-corrected chi connectivity index (χ3v) is 21.6. The van der Waals surface area contributed by atoms with Gasteiger partial charge in [0.1, 0.15) is 23.0 Å². The van der Waals surface area contributed by atoms with E-state index in [-0.39, 0.29) is 163 Å². The van der Waals surface area contributed by atoms with Gasteiger partial charge in [-0.15, -0.1) is 45.5 Å². The number of esters is 3. The number of rotatable bonds is 19. The fourth-order valence-corrected chi connectivity index (χ4v) is 14.1. The Bertz CT molecular complexity index is 6310. The second-order valence-electron chi connectivity index (χ2n) is 24.8. The molecule has 0 bridgehead atoms. The van der Waals surface area contributed by atoms with E-state index in [1.54, 1.807) is 12.1 Å². The molecule has 15 rings (SSSR count). The zero-order valence-corrected chi connectivity index (χ0v) is 68.7. The molecule has 6 heterocycles. The summed E-state index contributed by atoms with van der Waals surface area (Å²) in [7, 11) is -12.0. The molecule has 6 aliphatic heterocycles. The number of nitrogens with zero attached hydrogens (tertiary/aromatic N) is 4. The number of imide groups is 4. The summed E-state index contributed by atoms with van der Waals surface area (Å²) >= 11 is 0. The van der Waals surface area contributed by atoms with Crippen LogP contribution in [0.1, 0.15) is 161 Å². The molecule has 0 aliphatic carbocycles. The summed E-state index contributed by atoms with van der Waals surface area (Å²) in [5.41, 5.74) is 0.881. The molecular weight excluding hydrogens is 1800 g/mol. The smallest absolute Gasteiger partial charge is 0.347 e. The molecule has 1 fully saturated rings. The van der Waals surface area contributed by atoms with E-state index < -0.39 is 121 Å². The van der Waals surface area contributed by atoms with Crippen molar-refractivity contribution >= 4 is 153 Å². The average molecular weight is 1860 g/mol. The van der Waals surface area contributed by atoms with Crippen molar-refractivity contribution in [2.75, 3.05) is 13.2 Å². The lowest BCUT2D eigenvalue weighted by atomic mass is 10.1. The Kier molecular flexibility index (Phi) is 33.6. The lowest BCUT2D eigenvalue weighted by Gasteiger charge is -2.13. The third-order valence-electron chi connectivity index (χ3n) is 16.7. The molecule has 0 atom stereocenters. The van der Waals surface area contributed by atoms with Crippen LogP contribution in [0.5, 0.6) is 23.0 Å². The zero-order valence-electron chi connectivity index (χ0n) is 63.9. The second kappa shape index (κ2) is 42.8. The number of aliphatic hydroxyl groups excluding tert-OH is 2. The first-order valence-electron chi connectivity index (χ1n) is 34.5. The number of aliphatic hydroxyl groups is 2. The highest BCUT2D eigenvalue weighted by Crippen LogP contribution is 2.33. The number of hydrogen-bond donors (Lipinski definition) is 8. The molecule has 0 radical (unpaired) electrons. The van der Waals surface area contributed by atoms with E-state index in [0.717, 1.165) is 91.6 Å². The molecule has 8 amide bonds. The van der Waals surface area contributed by atoms with Gasteiger partial charge in [-0.3, -0.25) is 57.9 Å². The van der Waals surface area contributed by atoms with E-state index in [4.69, 9.17) is 55.3 Å². The van der Waals surface area contributed by atoms with Gasteiger partial charge in [0.15, 0.2) is 0 Å². The highest BCUT2D eigenvalue weighted by atomic mass is 35.7. The van der Waals surface area contributed by atoms with Crippen molar-refractivity contribution in [2.45, 2.75) is 59.5 Å². The summed E-state index contributed by atoms with van der Waals surface area (Å²) in [6, 6.07) is 38.7. The highest BCUT2D eigenvalue weighted by molar-refractivity contribution is 8.13. The minimum atomic E-state index is -4.57. The molecule has 1 saturated heterocycles. The minimum absolute atomic E-state index is 0. The molecule has 0 aromatic heterocycles. The SMILES string of the molecule is C1CCOC1.CC(=O)Oc1ccc(S(=O)(=O)ON2C(=O)c3ccc(C(=O)O)cc3C2=O)cc1.Cc1ccc(S(=O)(=O)Cl)cc1.Cl.NO.O=C(O)c1ccc2c(c1)C(=O)N(OS(=O)(=O)c1ccc(O)cc1)C2=O.O=C1c2ccc(CO)cc2C(=O)N1OS(=O)(=O)c1ccc(CO)cc1.O=COc1ccc2c(c1)C(=O)N(O)C2=O.O=COc1ccc2c(c1)C(=O)OC2=O. The molecule has 9 N–H and O–H groups in total. The number of fused-ring (bicyclic) bond motifs is 5. The third kappa shape index (κ3) is 24.0. The number of nitrogens with two attached hydrogens (primary N) is 1. The Balaban J connectivity index is 0.000000209. The molecular formula is C77H61Cl2N5O38S4. The van der Waals surface area contributed by atoms with Gasteiger partial charge >= 0.3 is 60.2 Å². The van der Waals surface area contributed by atoms with Gasteiger partial charge in [-0.1, -0.05) is 35.9 Å². The van der Waals surface area contributed by atoms with Crippen LogP contribution in [0, 0.1) is 6.92 Å². The number of aromatic hydroxyl groups is 1. The van der Waals surface area contributed by atoms with Gasteiger partial charge in [0.05, 0.1) is 99.6 Å². The first-order chi connectivity index (χ1) is 59.0. The summed E-state index contributed by atoms with van der Waals surface area (Å²) in [6.07, 6.45) is 2.56. The van der Waals surface area contributed by atoms with Crippen LogP contribution in [-0.4, -0.2) is 193 Å². The minimum Gasteiger partial charge on any atom is -0.508 e. The summed E-state index contributed by atoms with van der Waals surface area (Å²) in [5.74, 6) is -8.58. The maximum atomic E-state index is 12.4. The number of amides is 8. The number of halogens is 2. The van der Waals surface area contributed by atoms with Crippen molar-refractivity contribution < 1.29 is 178 Å². The predicted octanol–water partition coefficient (Wildman–Crippen LogP) is 6.04. The van der Waals surface area contributed by atoms with E-state index in [0.29, 0.717) is 11.1 Å². The number of cyclic esters (lactones) is 2. The quantitative estimate of drug-likeness (QED) is 0.00668. The Morgan fingerprint density at radius 2 is 0.754 bits per heavy atom. The zero-order chi connectivity index (χ0) is 92.3. The van der Waals surface area contributed by atoms with Crippen molar-refractivity contribution in [2.24, 2.45) is 5.90 Å². The largest absolute Gasteiger partial charge is 0.508 e. The number of hydroxylamine groups is 8. The Morgan fingerprint density at radius 1 is 0.429 bits per heavy atom. The summed E-state index contributed by atoms with van der Waals surface area (Å²) in [4.78, 5) is 170. The molecule has 6 aliphatic rings. The number of carboxylic acids is 2. The van der Waals surface area contributed by atoms with Crippen LogP contribution < -0.4 is 20.1 Å². The van der Waals surface area contributed by atoms with Gasteiger partial charge in [0.25, 0.3) is 69.3 Å². The topological polar surface area (TPSA) is 647 Å². The lowest BCUT2D eigenvalue weighted by molar-refractivity contribution is -0.132. The number of carbonyl (C=O) groups excluding carboxylic acids is 13. The summed E-state index contributed by atoms with van der Waals surface area (Å²) in [5, 5.41) is 61.0. The summed E-state index contributed by atoms with van der Waals surface area (Å²) in [6.45, 7) is 4.91. The first-order valence-corrected chi connectivity index (χ1v) is 41.0. The predicted molar refractivity (Wildman–Crippen MR) is 419 cm³/mol. The van der Waals surface area contributed by atoms with E-state index in [1.807, 2.05) is 6.92 Å². The van der Waals surface area contributed by atoms with Gasteiger partial charge < -0.3 is 54.4 Å². The number of phenolic OH excluding ortho intramolecular Hbond substituents is 1. The second-order valence-corrected chi connectivity index (χ2v) is 32.0. The Hall–Kier alpha value is -14.2. The lowest BCUT2D eigenvalue weighted by Crippen LogP contribution is -2.32. The molecule has 0 unspecified atom stereocenters. The highest BCUT2D eigenvalue weighted by Gasteiger charge is 2.44. The molecule has 126 heavy (non-hydrogen) atoms.